The lowest BCUT2D eigenvalue weighted by Crippen LogP contribution is -2.14. The first kappa shape index (κ1) is 21.1. The van der Waals surface area contributed by atoms with Crippen molar-refractivity contribution >= 4 is 23.1 Å². The average Bonchev–Trinajstić information content (AvgIpc) is 3.07. The zero-order valence-corrected chi connectivity index (χ0v) is 16.4. The smallest absolute Gasteiger partial charge is 0.307 e. The minimum Gasteiger partial charge on any atom is -0.444 e. The van der Waals surface area contributed by atoms with Gasteiger partial charge in [-0.15, -0.1) is 0 Å². The van der Waals surface area contributed by atoms with E-state index in [1.165, 1.54) is 58.2 Å². The number of fused-ring (bicyclic) bond motifs is 1. The standard InChI is InChI=1S/C19H31N5O3/c1-3-4-5-6-7-8-9-10-11-12-17(25)27-15-24-14-21-16-13-20-19(23(2)26)22-18(16)24/h13-14,26H,3-12,15H2,1-2H3. The Morgan fingerprint density at radius 2 is 1.78 bits per heavy atom. The third kappa shape index (κ3) is 7.13. The second kappa shape index (κ2) is 11.5. The van der Waals surface area contributed by atoms with E-state index in [0.717, 1.165) is 17.9 Å². The minimum atomic E-state index is -0.214. The van der Waals surface area contributed by atoms with Crippen molar-refractivity contribution in [2.75, 3.05) is 12.1 Å². The van der Waals surface area contributed by atoms with Crippen LogP contribution < -0.4 is 5.06 Å². The van der Waals surface area contributed by atoms with E-state index in [-0.39, 0.29) is 18.6 Å². The molecule has 0 amide bonds. The molecule has 0 spiro atoms. The van der Waals surface area contributed by atoms with Gasteiger partial charge in [0.2, 0.25) is 0 Å². The summed E-state index contributed by atoms with van der Waals surface area (Å²) in [6.45, 7) is 2.28. The SMILES string of the molecule is CCCCCCCCCCCC(=O)OCn1cnc2cnc(N(C)O)nc21. The maximum Gasteiger partial charge on any atom is 0.307 e. The van der Waals surface area contributed by atoms with Gasteiger partial charge in [-0.3, -0.25) is 14.6 Å². The van der Waals surface area contributed by atoms with Crippen molar-refractivity contribution in [3.63, 3.8) is 0 Å². The van der Waals surface area contributed by atoms with Gasteiger partial charge in [0.1, 0.15) is 5.52 Å². The predicted molar refractivity (Wildman–Crippen MR) is 103 cm³/mol. The molecule has 0 aliphatic carbocycles. The Bertz CT molecular complexity index is 702. The molecule has 8 heteroatoms. The summed E-state index contributed by atoms with van der Waals surface area (Å²) in [7, 11) is 1.44. The number of hydroxylamine groups is 1. The molecule has 0 saturated carbocycles. The van der Waals surface area contributed by atoms with Crippen molar-refractivity contribution in [3.05, 3.63) is 12.5 Å². The van der Waals surface area contributed by atoms with E-state index in [1.807, 2.05) is 0 Å². The summed E-state index contributed by atoms with van der Waals surface area (Å²) in [5.74, 6) is -0.0568. The number of carbonyl (C=O) groups is 1. The van der Waals surface area contributed by atoms with Crippen molar-refractivity contribution in [1.29, 1.82) is 0 Å². The maximum absolute atomic E-state index is 11.9. The first-order valence-corrected chi connectivity index (χ1v) is 9.88. The van der Waals surface area contributed by atoms with Crippen LogP contribution in [0.25, 0.3) is 11.2 Å². The summed E-state index contributed by atoms with van der Waals surface area (Å²) in [6, 6.07) is 0. The molecule has 2 rings (SSSR count). The van der Waals surface area contributed by atoms with Crippen LogP contribution in [0.1, 0.15) is 71.1 Å². The Labute approximate surface area is 160 Å². The van der Waals surface area contributed by atoms with Crippen LogP contribution in [0.3, 0.4) is 0 Å². The maximum atomic E-state index is 11.9. The van der Waals surface area contributed by atoms with E-state index in [0.29, 0.717) is 17.6 Å². The van der Waals surface area contributed by atoms with Gasteiger partial charge in [0.25, 0.3) is 5.95 Å². The third-order valence-electron chi connectivity index (χ3n) is 4.48. The number of nitrogens with zero attached hydrogens (tertiary/aromatic N) is 5. The molecule has 27 heavy (non-hydrogen) atoms. The van der Waals surface area contributed by atoms with E-state index in [2.05, 4.69) is 21.9 Å². The molecular formula is C19H31N5O3. The number of anilines is 1. The molecule has 8 nitrogen and oxygen atoms in total. The molecule has 0 aliphatic rings. The summed E-state index contributed by atoms with van der Waals surface area (Å²) in [6.07, 6.45) is 14.4. The summed E-state index contributed by atoms with van der Waals surface area (Å²) >= 11 is 0. The lowest BCUT2D eigenvalue weighted by molar-refractivity contribution is -0.147. The fraction of sp³-hybridized carbons (Fsp3) is 0.684. The Balaban J connectivity index is 1.64. The molecule has 2 heterocycles. The minimum absolute atomic E-state index is 0.0539. The van der Waals surface area contributed by atoms with Crippen LogP contribution in [0.5, 0.6) is 0 Å². The van der Waals surface area contributed by atoms with E-state index < -0.39 is 0 Å². The molecule has 0 unspecified atom stereocenters. The molecule has 0 atom stereocenters. The molecule has 0 fully saturated rings. The van der Waals surface area contributed by atoms with Crippen molar-refractivity contribution in [1.82, 2.24) is 19.5 Å². The second-order valence-corrected chi connectivity index (χ2v) is 6.84. The number of esters is 1. The number of imidazole rings is 1. The fourth-order valence-electron chi connectivity index (χ4n) is 2.89. The molecule has 2 aromatic heterocycles. The highest BCUT2D eigenvalue weighted by Gasteiger charge is 2.10. The van der Waals surface area contributed by atoms with Gasteiger partial charge in [0.15, 0.2) is 12.4 Å². The molecule has 0 saturated heterocycles. The van der Waals surface area contributed by atoms with Crippen LogP contribution in [-0.2, 0) is 16.3 Å². The number of aromatic nitrogens is 4. The van der Waals surface area contributed by atoms with Gasteiger partial charge in [-0.2, -0.15) is 4.98 Å². The summed E-state index contributed by atoms with van der Waals surface area (Å²) in [5.41, 5.74) is 1.09. The average molecular weight is 377 g/mol. The first-order valence-electron chi connectivity index (χ1n) is 9.88. The Hall–Kier alpha value is -2.22. The number of ether oxygens (including phenoxy) is 1. The quantitative estimate of drug-likeness (QED) is 0.319. The van der Waals surface area contributed by atoms with Crippen LogP contribution >= 0.6 is 0 Å². The summed E-state index contributed by atoms with van der Waals surface area (Å²) in [4.78, 5) is 24.3. The Morgan fingerprint density at radius 3 is 2.44 bits per heavy atom. The molecule has 0 aromatic carbocycles. The number of rotatable bonds is 13. The van der Waals surface area contributed by atoms with Gasteiger partial charge >= 0.3 is 5.97 Å². The van der Waals surface area contributed by atoms with E-state index in [9.17, 15) is 10.0 Å². The van der Waals surface area contributed by atoms with Gasteiger partial charge in [0.05, 0.1) is 12.5 Å². The monoisotopic (exact) mass is 377 g/mol. The normalized spacial score (nSPS) is 11.1. The number of hydrogen-bond acceptors (Lipinski definition) is 7. The first-order chi connectivity index (χ1) is 13.1. The van der Waals surface area contributed by atoms with E-state index >= 15 is 0 Å². The third-order valence-corrected chi connectivity index (χ3v) is 4.48. The lowest BCUT2D eigenvalue weighted by Gasteiger charge is -2.09. The fourth-order valence-corrected chi connectivity index (χ4v) is 2.89. The zero-order valence-electron chi connectivity index (χ0n) is 16.4. The predicted octanol–water partition coefficient (Wildman–Crippen LogP) is 4.07. The van der Waals surface area contributed by atoms with Crippen molar-refractivity contribution in [3.8, 4) is 0 Å². The highest BCUT2D eigenvalue weighted by Crippen LogP contribution is 2.14. The topological polar surface area (TPSA) is 93.4 Å². The molecule has 0 radical (unpaired) electrons. The second-order valence-electron chi connectivity index (χ2n) is 6.84. The van der Waals surface area contributed by atoms with Crippen molar-refractivity contribution < 1.29 is 14.7 Å². The van der Waals surface area contributed by atoms with E-state index in [4.69, 9.17) is 4.74 Å². The number of hydrogen-bond donors (Lipinski definition) is 1. The van der Waals surface area contributed by atoms with Gasteiger partial charge in [0, 0.05) is 13.5 Å². The lowest BCUT2D eigenvalue weighted by atomic mass is 10.1. The van der Waals surface area contributed by atoms with Gasteiger partial charge < -0.3 is 4.74 Å². The zero-order chi connectivity index (χ0) is 19.5. The van der Waals surface area contributed by atoms with Crippen LogP contribution in [-0.4, -0.2) is 37.7 Å². The highest BCUT2D eigenvalue weighted by atomic mass is 16.5. The van der Waals surface area contributed by atoms with Crippen LogP contribution in [0, 0.1) is 0 Å². The summed E-state index contributed by atoms with van der Waals surface area (Å²) in [5, 5.41) is 10.3. The van der Waals surface area contributed by atoms with Crippen molar-refractivity contribution in [2.45, 2.75) is 77.9 Å². The highest BCUT2D eigenvalue weighted by molar-refractivity contribution is 5.71. The molecule has 0 bridgehead atoms. The molecule has 150 valence electrons. The van der Waals surface area contributed by atoms with Gasteiger partial charge in [-0.05, 0) is 6.42 Å². The molecule has 2 aromatic rings. The van der Waals surface area contributed by atoms with Crippen LogP contribution in [0.4, 0.5) is 5.95 Å². The summed E-state index contributed by atoms with van der Waals surface area (Å²) < 4.78 is 6.94. The van der Waals surface area contributed by atoms with Crippen LogP contribution in [0.2, 0.25) is 0 Å². The van der Waals surface area contributed by atoms with Crippen molar-refractivity contribution in [2.24, 2.45) is 0 Å². The largest absolute Gasteiger partial charge is 0.444 e. The number of carbonyl (C=O) groups excluding carboxylic acids is 1. The van der Waals surface area contributed by atoms with Gasteiger partial charge in [-0.25, -0.2) is 15.0 Å². The molecule has 1 N–H and O–H groups in total. The van der Waals surface area contributed by atoms with Gasteiger partial charge in [-0.1, -0.05) is 58.3 Å². The Kier molecular flexibility index (Phi) is 8.97. The Morgan fingerprint density at radius 1 is 1.11 bits per heavy atom. The van der Waals surface area contributed by atoms with Crippen LogP contribution in [0.15, 0.2) is 12.5 Å². The van der Waals surface area contributed by atoms with E-state index in [1.54, 1.807) is 10.9 Å². The number of unbranched alkanes of at least 4 members (excludes halogenated alkanes) is 8. The molecule has 0 aliphatic heterocycles. The molecular weight excluding hydrogens is 346 g/mol.